The summed E-state index contributed by atoms with van der Waals surface area (Å²) in [7, 11) is 0. The number of aryl methyl sites for hydroxylation is 1. The molecule has 0 unspecified atom stereocenters. The molecule has 0 bridgehead atoms. The van der Waals surface area contributed by atoms with Crippen molar-refractivity contribution in [2.24, 2.45) is 0 Å². The zero-order valence-corrected chi connectivity index (χ0v) is 12.0. The maximum absolute atomic E-state index is 3.51. The minimum Gasteiger partial charge on any atom is -0.353 e. The van der Waals surface area contributed by atoms with E-state index in [9.17, 15) is 0 Å². The Morgan fingerprint density at radius 3 is 2.73 bits per heavy atom. The van der Waals surface area contributed by atoms with Crippen LogP contribution < -0.4 is 5.32 Å². The van der Waals surface area contributed by atoms with E-state index in [0.717, 1.165) is 20.3 Å². The van der Waals surface area contributed by atoms with E-state index in [1.807, 2.05) is 18.2 Å². The van der Waals surface area contributed by atoms with Crippen LogP contribution in [0.3, 0.4) is 0 Å². The summed E-state index contributed by atoms with van der Waals surface area (Å²) < 4.78 is 2.10. The summed E-state index contributed by atoms with van der Waals surface area (Å²) in [6, 6.07) is 6.05. The van der Waals surface area contributed by atoms with E-state index < -0.39 is 0 Å². The van der Waals surface area contributed by atoms with Gasteiger partial charge in [-0.15, -0.1) is 11.3 Å². The van der Waals surface area contributed by atoms with E-state index >= 15 is 0 Å². The Morgan fingerprint density at radius 2 is 2.13 bits per heavy atom. The predicted molar refractivity (Wildman–Crippen MR) is 73.0 cm³/mol. The average molecular weight is 346 g/mol. The largest absolute Gasteiger partial charge is 0.353 e. The van der Waals surface area contributed by atoms with E-state index in [-0.39, 0.29) is 0 Å². The highest BCUT2D eigenvalue weighted by atomic mass is 79.9. The fourth-order valence-corrected chi connectivity index (χ4v) is 3.00. The second kappa shape index (κ2) is 4.68. The van der Waals surface area contributed by atoms with Gasteiger partial charge in [0.1, 0.15) is 0 Å². The molecular weight excluding hydrogens is 338 g/mol. The third-order valence-electron chi connectivity index (χ3n) is 1.98. The van der Waals surface area contributed by atoms with Gasteiger partial charge >= 0.3 is 0 Å². The molecule has 1 aromatic carbocycles. The zero-order chi connectivity index (χ0) is 10.8. The Bertz CT molecular complexity index is 479. The fraction of sp³-hybridized carbons (Fsp3) is 0.0909. The van der Waals surface area contributed by atoms with Crippen molar-refractivity contribution in [1.82, 2.24) is 0 Å². The monoisotopic (exact) mass is 344 g/mol. The van der Waals surface area contributed by atoms with Gasteiger partial charge in [0.05, 0.1) is 16.8 Å². The van der Waals surface area contributed by atoms with Gasteiger partial charge in [0, 0.05) is 8.95 Å². The normalized spacial score (nSPS) is 10.3. The first-order chi connectivity index (χ1) is 7.16. The van der Waals surface area contributed by atoms with Crippen molar-refractivity contribution < 1.29 is 0 Å². The Morgan fingerprint density at radius 1 is 1.33 bits per heavy atom. The molecule has 1 N–H and O–H groups in total. The molecule has 2 aromatic rings. The Labute approximate surface area is 110 Å². The van der Waals surface area contributed by atoms with Crippen LogP contribution in [-0.4, -0.2) is 0 Å². The van der Waals surface area contributed by atoms with Crippen molar-refractivity contribution in [3.05, 3.63) is 43.5 Å². The van der Waals surface area contributed by atoms with E-state index in [1.165, 1.54) is 5.56 Å². The number of thiophene rings is 1. The summed E-state index contributed by atoms with van der Waals surface area (Å²) >= 11 is 8.52. The van der Waals surface area contributed by atoms with Gasteiger partial charge in [-0.25, -0.2) is 0 Å². The molecule has 0 aliphatic heterocycles. The van der Waals surface area contributed by atoms with Gasteiger partial charge in [-0.05, 0) is 52.0 Å². The first-order valence-corrected chi connectivity index (χ1v) is 6.81. The standard InChI is InChI=1S/C11H8Br2NS/c1-7-5-15-6-11(7)14-10-3-2-8(12)4-9(10)13/h2-5,14H,1H3. The first kappa shape index (κ1) is 11.2. The predicted octanol–water partition coefficient (Wildman–Crippen LogP) is 5.13. The minimum absolute atomic E-state index is 1.04. The van der Waals surface area contributed by atoms with Gasteiger partial charge < -0.3 is 5.32 Å². The van der Waals surface area contributed by atoms with Crippen molar-refractivity contribution in [2.75, 3.05) is 5.32 Å². The highest BCUT2D eigenvalue weighted by Crippen LogP contribution is 2.30. The number of hydrogen-bond donors (Lipinski definition) is 1. The molecule has 0 saturated carbocycles. The lowest BCUT2D eigenvalue weighted by atomic mass is 10.3. The average Bonchev–Trinajstić information content (AvgIpc) is 2.57. The van der Waals surface area contributed by atoms with Gasteiger partial charge in [0.25, 0.3) is 0 Å². The molecule has 0 aliphatic carbocycles. The molecule has 0 amide bonds. The molecule has 1 heterocycles. The maximum Gasteiger partial charge on any atom is 0.0701 e. The van der Waals surface area contributed by atoms with Gasteiger partial charge in [0.2, 0.25) is 0 Å². The number of nitrogens with one attached hydrogen (secondary N) is 1. The fourth-order valence-electron chi connectivity index (χ4n) is 1.17. The van der Waals surface area contributed by atoms with Crippen LogP contribution in [0.4, 0.5) is 11.4 Å². The van der Waals surface area contributed by atoms with E-state index in [4.69, 9.17) is 0 Å². The number of halogens is 2. The van der Waals surface area contributed by atoms with Gasteiger partial charge in [0.15, 0.2) is 0 Å². The molecule has 0 saturated heterocycles. The highest BCUT2D eigenvalue weighted by molar-refractivity contribution is 9.11. The minimum atomic E-state index is 1.04. The third-order valence-corrected chi connectivity index (χ3v) is 3.92. The quantitative estimate of drug-likeness (QED) is 0.795. The molecule has 15 heavy (non-hydrogen) atoms. The lowest BCUT2D eigenvalue weighted by molar-refractivity contribution is 1.47. The van der Waals surface area contributed by atoms with Gasteiger partial charge in [-0.2, -0.15) is 0 Å². The first-order valence-electron chi connectivity index (χ1n) is 4.34. The van der Waals surface area contributed by atoms with Gasteiger partial charge in [-0.1, -0.05) is 15.9 Å². The molecule has 1 nitrogen and oxygen atoms in total. The molecule has 0 fully saturated rings. The van der Waals surface area contributed by atoms with Gasteiger partial charge in [-0.3, -0.25) is 0 Å². The van der Waals surface area contributed by atoms with Crippen LogP contribution >= 0.6 is 43.2 Å². The number of anilines is 2. The third kappa shape index (κ3) is 2.62. The second-order valence-corrected chi connectivity index (χ2v) is 5.59. The lowest BCUT2D eigenvalue weighted by Gasteiger charge is -2.07. The van der Waals surface area contributed by atoms with E-state index in [0.29, 0.717) is 0 Å². The topological polar surface area (TPSA) is 12.0 Å². The van der Waals surface area contributed by atoms with Crippen molar-refractivity contribution in [3.8, 4) is 0 Å². The molecule has 77 valence electrons. The van der Waals surface area contributed by atoms with Crippen molar-refractivity contribution in [1.29, 1.82) is 0 Å². The second-order valence-electron chi connectivity index (χ2n) is 3.14. The zero-order valence-electron chi connectivity index (χ0n) is 7.97. The van der Waals surface area contributed by atoms with Crippen LogP contribution in [0.1, 0.15) is 5.56 Å². The SMILES string of the molecule is Cc1cs[c]c1Nc1ccc(Br)cc1Br. The molecular formula is C11H8Br2NS. The molecule has 0 spiro atoms. The highest BCUT2D eigenvalue weighted by Gasteiger charge is 2.03. The summed E-state index contributed by atoms with van der Waals surface area (Å²) in [4.78, 5) is 0. The summed E-state index contributed by atoms with van der Waals surface area (Å²) in [6.45, 7) is 2.07. The Hall–Kier alpha value is -0.320. The molecule has 1 aromatic heterocycles. The molecule has 0 atom stereocenters. The summed E-state index contributed by atoms with van der Waals surface area (Å²) in [6.07, 6.45) is 0. The van der Waals surface area contributed by atoms with Crippen LogP contribution in [0, 0.1) is 12.3 Å². The number of benzene rings is 1. The molecule has 1 radical (unpaired) electrons. The van der Waals surface area contributed by atoms with Crippen LogP contribution in [-0.2, 0) is 0 Å². The van der Waals surface area contributed by atoms with Crippen LogP contribution in [0.2, 0.25) is 0 Å². The van der Waals surface area contributed by atoms with Crippen LogP contribution in [0.15, 0.2) is 32.5 Å². The summed E-state index contributed by atoms with van der Waals surface area (Å²) in [5.74, 6) is 0. The van der Waals surface area contributed by atoms with Crippen LogP contribution in [0.5, 0.6) is 0 Å². The molecule has 2 rings (SSSR count). The van der Waals surface area contributed by atoms with Crippen molar-refractivity contribution in [2.45, 2.75) is 6.92 Å². The van der Waals surface area contributed by atoms with Crippen LogP contribution in [0.25, 0.3) is 0 Å². The number of hydrogen-bond acceptors (Lipinski definition) is 2. The lowest BCUT2D eigenvalue weighted by Crippen LogP contribution is -1.91. The molecule has 4 heteroatoms. The van der Waals surface area contributed by atoms with Crippen molar-refractivity contribution >= 4 is 54.6 Å². The summed E-state index contributed by atoms with van der Waals surface area (Å²) in [5.41, 5.74) is 3.31. The smallest absolute Gasteiger partial charge is 0.0701 e. The number of rotatable bonds is 2. The Balaban J connectivity index is 2.29. The van der Waals surface area contributed by atoms with Crippen molar-refractivity contribution in [3.63, 3.8) is 0 Å². The van der Waals surface area contributed by atoms with E-state index in [2.05, 4.69) is 54.9 Å². The maximum atomic E-state index is 3.51. The Kier molecular flexibility index (Phi) is 3.49. The summed E-state index contributed by atoms with van der Waals surface area (Å²) in [5, 5.41) is 8.61. The molecule has 0 aliphatic rings. The van der Waals surface area contributed by atoms with E-state index in [1.54, 1.807) is 11.3 Å².